The second-order valence-corrected chi connectivity index (χ2v) is 3.13. The van der Waals surface area contributed by atoms with Gasteiger partial charge in [0, 0.05) is 0 Å². The fraction of sp³-hybridized carbons (Fsp3) is 0.333. The molecule has 0 atom stereocenters. The third-order valence-corrected chi connectivity index (χ3v) is 2.09. The van der Waals surface area contributed by atoms with E-state index in [2.05, 4.69) is 50.3 Å². The Morgan fingerprint density at radius 1 is 0.833 bits per heavy atom. The Balaban J connectivity index is 0.000000150. The van der Waals surface area contributed by atoms with Crippen LogP contribution in [0.15, 0.2) is 36.4 Å². The molecule has 0 bridgehead atoms. The quantitative estimate of drug-likeness (QED) is 0.508. The van der Waals surface area contributed by atoms with Gasteiger partial charge in [-0.25, -0.2) is 0 Å². The summed E-state index contributed by atoms with van der Waals surface area (Å²) >= 11 is 0. The van der Waals surface area contributed by atoms with Gasteiger partial charge in [0.25, 0.3) is 0 Å². The zero-order chi connectivity index (χ0) is 8.81. The normalized spacial score (nSPS) is 12.8. The molecule has 1 aromatic rings. The van der Waals surface area contributed by atoms with Crippen molar-refractivity contribution in [3.63, 3.8) is 0 Å². The molecule has 1 aliphatic carbocycles. The van der Waals surface area contributed by atoms with Crippen LogP contribution in [0, 0.1) is 13.8 Å². The molecule has 0 unspecified atom stereocenters. The molecule has 1 aliphatic rings. The van der Waals surface area contributed by atoms with Crippen LogP contribution >= 0.6 is 0 Å². The molecule has 1 aromatic carbocycles. The third kappa shape index (κ3) is 2.91. The fourth-order valence-corrected chi connectivity index (χ4v) is 0.829. The van der Waals surface area contributed by atoms with E-state index in [0.717, 1.165) is 0 Å². The number of rotatable bonds is 0. The van der Waals surface area contributed by atoms with Gasteiger partial charge in [-0.2, -0.15) is 0 Å². The van der Waals surface area contributed by atoms with Crippen LogP contribution in [-0.4, -0.2) is 0 Å². The summed E-state index contributed by atoms with van der Waals surface area (Å²) in [6.45, 7) is 4.24. The summed E-state index contributed by atoms with van der Waals surface area (Å²) in [5, 5.41) is 0. The van der Waals surface area contributed by atoms with Gasteiger partial charge in [-0.05, 0) is 37.8 Å². The number of aryl methyl sites for hydroxylation is 2. The molecule has 0 radical (unpaired) electrons. The van der Waals surface area contributed by atoms with Gasteiger partial charge in [-0.3, -0.25) is 0 Å². The monoisotopic (exact) mass is 160 g/mol. The molecule has 0 nitrogen and oxygen atoms in total. The average Bonchev–Trinajstić information content (AvgIpc) is 1.92. The molecule has 64 valence electrons. The maximum atomic E-state index is 2.18. The SMILES string of the molecule is C1=CCC1.Cc1ccccc1C. The Hall–Kier alpha value is -1.04. The van der Waals surface area contributed by atoms with Crippen molar-refractivity contribution in [1.82, 2.24) is 0 Å². The highest BCUT2D eigenvalue weighted by Gasteiger charge is 1.83. The number of hydrogen-bond donors (Lipinski definition) is 0. The summed E-state index contributed by atoms with van der Waals surface area (Å²) < 4.78 is 0. The van der Waals surface area contributed by atoms with Crippen molar-refractivity contribution < 1.29 is 0 Å². The van der Waals surface area contributed by atoms with E-state index in [0.29, 0.717) is 0 Å². The second-order valence-electron chi connectivity index (χ2n) is 3.13. The minimum Gasteiger partial charge on any atom is -0.0882 e. The van der Waals surface area contributed by atoms with Crippen LogP contribution in [-0.2, 0) is 0 Å². The van der Waals surface area contributed by atoms with Gasteiger partial charge in [0.15, 0.2) is 0 Å². The minimum atomic E-state index is 1.32. The zero-order valence-electron chi connectivity index (χ0n) is 7.88. The molecule has 0 saturated heterocycles. The van der Waals surface area contributed by atoms with Crippen molar-refractivity contribution in [2.75, 3.05) is 0 Å². The topological polar surface area (TPSA) is 0 Å². The standard InChI is InChI=1S/C8H10.C4H6/c1-7-5-3-4-6-8(7)2;1-2-4-3-1/h3-6H,1-2H3;1-2H,3-4H2. The average molecular weight is 160 g/mol. The van der Waals surface area contributed by atoms with Gasteiger partial charge >= 0.3 is 0 Å². The van der Waals surface area contributed by atoms with Gasteiger partial charge in [-0.15, -0.1) is 0 Å². The van der Waals surface area contributed by atoms with E-state index < -0.39 is 0 Å². The molecule has 0 fully saturated rings. The van der Waals surface area contributed by atoms with Crippen LogP contribution in [0.25, 0.3) is 0 Å². The van der Waals surface area contributed by atoms with Crippen LogP contribution in [0.1, 0.15) is 24.0 Å². The Bertz CT molecular complexity index is 231. The van der Waals surface area contributed by atoms with Crippen LogP contribution in [0.4, 0.5) is 0 Å². The molecule has 0 heteroatoms. The second kappa shape index (κ2) is 4.76. The van der Waals surface area contributed by atoms with Crippen molar-refractivity contribution in [1.29, 1.82) is 0 Å². The van der Waals surface area contributed by atoms with Crippen molar-refractivity contribution in [2.45, 2.75) is 26.7 Å². The van der Waals surface area contributed by atoms with E-state index in [4.69, 9.17) is 0 Å². The van der Waals surface area contributed by atoms with Crippen molar-refractivity contribution in [3.8, 4) is 0 Å². The van der Waals surface area contributed by atoms with Crippen molar-refractivity contribution in [3.05, 3.63) is 47.5 Å². The first kappa shape index (κ1) is 9.05. The largest absolute Gasteiger partial charge is 0.0882 e. The smallest absolute Gasteiger partial charge is 0.0316 e. The van der Waals surface area contributed by atoms with Crippen LogP contribution in [0.5, 0.6) is 0 Å². The molecule has 0 aromatic heterocycles. The lowest BCUT2D eigenvalue weighted by molar-refractivity contribution is 0.962. The van der Waals surface area contributed by atoms with E-state index >= 15 is 0 Å². The number of benzene rings is 1. The molecule has 0 heterocycles. The molecular weight excluding hydrogens is 144 g/mol. The van der Waals surface area contributed by atoms with Gasteiger partial charge in [-0.1, -0.05) is 36.4 Å². The number of hydrogen-bond acceptors (Lipinski definition) is 0. The summed E-state index contributed by atoms with van der Waals surface area (Å²) in [7, 11) is 0. The van der Waals surface area contributed by atoms with Gasteiger partial charge in [0.1, 0.15) is 0 Å². The highest BCUT2D eigenvalue weighted by Crippen LogP contribution is 2.02. The van der Waals surface area contributed by atoms with Gasteiger partial charge in [0.05, 0.1) is 0 Å². The molecular formula is C12H16. The molecule has 0 spiro atoms. The lowest BCUT2D eigenvalue weighted by Gasteiger charge is -1.93. The maximum Gasteiger partial charge on any atom is -0.0316 e. The first-order valence-electron chi connectivity index (χ1n) is 4.48. The Kier molecular flexibility index (Phi) is 3.59. The highest BCUT2D eigenvalue weighted by molar-refractivity contribution is 5.23. The Labute approximate surface area is 74.9 Å². The summed E-state index contributed by atoms with van der Waals surface area (Å²) in [4.78, 5) is 0. The van der Waals surface area contributed by atoms with E-state index in [1.807, 2.05) is 0 Å². The molecule has 12 heavy (non-hydrogen) atoms. The van der Waals surface area contributed by atoms with Crippen molar-refractivity contribution in [2.24, 2.45) is 0 Å². The summed E-state index contributed by atoms with van der Waals surface area (Å²) in [6, 6.07) is 8.36. The summed E-state index contributed by atoms with van der Waals surface area (Å²) in [5.41, 5.74) is 2.74. The zero-order valence-corrected chi connectivity index (χ0v) is 7.88. The van der Waals surface area contributed by atoms with Gasteiger partial charge in [0.2, 0.25) is 0 Å². The summed E-state index contributed by atoms with van der Waals surface area (Å²) in [5.74, 6) is 0. The fourth-order valence-electron chi connectivity index (χ4n) is 0.829. The minimum absolute atomic E-state index is 1.32. The maximum absolute atomic E-state index is 2.18. The van der Waals surface area contributed by atoms with Crippen LogP contribution in [0.3, 0.4) is 0 Å². The molecule has 0 saturated carbocycles. The summed E-state index contributed by atoms with van der Waals surface area (Å²) in [6.07, 6.45) is 7.00. The molecule has 0 N–H and O–H groups in total. The van der Waals surface area contributed by atoms with E-state index in [-0.39, 0.29) is 0 Å². The first-order valence-corrected chi connectivity index (χ1v) is 4.48. The van der Waals surface area contributed by atoms with Crippen LogP contribution < -0.4 is 0 Å². The first-order chi connectivity index (χ1) is 5.80. The Morgan fingerprint density at radius 3 is 1.33 bits per heavy atom. The third-order valence-electron chi connectivity index (χ3n) is 2.09. The van der Waals surface area contributed by atoms with Gasteiger partial charge < -0.3 is 0 Å². The van der Waals surface area contributed by atoms with Crippen LogP contribution in [0.2, 0.25) is 0 Å². The lowest BCUT2D eigenvalue weighted by Crippen LogP contribution is -1.74. The Morgan fingerprint density at radius 2 is 1.17 bits per heavy atom. The van der Waals surface area contributed by atoms with E-state index in [9.17, 15) is 0 Å². The predicted molar refractivity (Wildman–Crippen MR) is 54.3 cm³/mol. The molecule has 2 rings (SSSR count). The van der Waals surface area contributed by atoms with E-state index in [1.54, 1.807) is 0 Å². The lowest BCUT2D eigenvalue weighted by atomic mass is 10.1. The molecule has 0 amide bonds. The molecule has 0 aliphatic heterocycles. The number of allylic oxidation sites excluding steroid dienone is 2. The predicted octanol–water partition coefficient (Wildman–Crippen LogP) is 3.64. The van der Waals surface area contributed by atoms with E-state index in [1.165, 1.54) is 24.0 Å². The van der Waals surface area contributed by atoms with Crippen molar-refractivity contribution >= 4 is 0 Å². The highest BCUT2D eigenvalue weighted by atomic mass is 13.9.